The van der Waals surface area contributed by atoms with Crippen LogP contribution in [0.25, 0.3) is 10.4 Å². The van der Waals surface area contributed by atoms with E-state index in [1.54, 1.807) is 11.8 Å². The Kier molecular flexibility index (Phi) is 25.9. The number of hydrogen-bond donors (Lipinski definition) is 1. The van der Waals surface area contributed by atoms with E-state index in [0.29, 0.717) is 85.8 Å². The van der Waals surface area contributed by atoms with Gasteiger partial charge in [-0.25, -0.2) is 9.97 Å². The van der Waals surface area contributed by atoms with Crippen molar-refractivity contribution < 1.29 is 28.4 Å². The lowest BCUT2D eigenvalue weighted by Gasteiger charge is -2.13. The number of ether oxygens (including phenoxy) is 6. The Balaban J connectivity index is 1.87. The van der Waals surface area contributed by atoms with E-state index in [1.165, 1.54) is 29.9 Å². The van der Waals surface area contributed by atoms with Gasteiger partial charge in [0.05, 0.1) is 79.3 Å². The molecule has 0 spiro atoms. The van der Waals surface area contributed by atoms with Crippen molar-refractivity contribution in [3.05, 3.63) is 28.4 Å². The fourth-order valence-electron chi connectivity index (χ4n) is 3.41. The molecule has 0 aliphatic carbocycles. The van der Waals surface area contributed by atoms with E-state index in [1.807, 2.05) is 12.4 Å². The SMILES string of the molecule is C[SiH](CCCN)CC[SiH](C)CSc1ncc(COCCOCCOCCOCCOCCOCCN=[N+]=[N-])cn1. The first kappa shape index (κ1) is 36.9. The summed E-state index contributed by atoms with van der Waals surface area (Å²) in [6.07, 6.45) is 4.91. The predicted octanol–water partition coefficient (Wildman–Crippen LogP) is 3.08. The minimum absolute atomic E-state index is 0.334. The molecule has 0 radical (unpaired) electrons. The Hall–Kier alpha value is -1.11. The summed E-state index contributed by atoms with van der Waals surface area (Å²) >= 11 is 1.79. The molecule has 0 fully saturated rings. The first-order valence-corrected chi connectivity index (χ1v) is 20.8. The summed E-state index contributed by atoms with van der Waals surface area (Å²) in [5, 5.41) is 5.43. The third kappa shape index (κ3) is 23.6. The van der Waals surface area contributed by atoms with Gasteiger partial charge in [-0.05, 0) is 23.9 Å². The average Bonchev–Trinajstić information content (AvgIpc) is 2.97. The number of nitrogens with two attached hydrogens (primary N) is 1. The average molecular weight is 619 g/mol. The van der Waals surface area contributed by atoms with Crippen LogP contribution in [0.3, 0.4) is 0 Å². The molecule has 1 heterocycles. The Morgan fingerprint density at radius 2 is 1.27 bits per heavy atom. The highest BCUT2D eigenvalue weighted by atomic mass is 32.2. The van der Waals surface area contributed by atoms with Crippen LogP contribution in [0.15, 0.2) is 22.7 Å². The standard InChI is InChI=1S/C25H50N6O6SSi2/c1-39(17-3-4-26)18-19-40(2)23-38-25-28-20-24(21-29-25)22-37-16-15-36-14-13-35-12-11-34-10-9-33-8-7-32-6-5-30-31-27/h20-21,39-40H,3-19,22-23,26H2,1-2H3. The van der Waals surface area contributed by atoms with Crippen LogP contribution in [0.4, 0.5) is 0 Å². The zero-order valence-corrected chi connectivity index (χ0v) is 27.5. The molecular weight excluding hydrogens is 569 g/mol. The minimum atomic E-state index is -0.711. The van der Waals surface area contributed by atoms with Gasteiger partial charge >= 0.3 is 0 Å². The van der Waals surface area contributed by atoms with Crippen molar-refractivity contribution in [2.75, 3.05) is 91.1 Å². The summed E-state index contributed by atoms with van der Waals surface area (Å²) in [6, 6.07) is 4.27. The number of aromatic nitrogens is 2. The molecule has 1 aromatic rings. The quantitative estimate of drug-likeness (QED) is 0.0269. The minimum Gasteiger partial charge on any atom is -0.379 e. The van der Waals surface area contributed by atoms with Crippen LogP contribution >= 0.6 is 11.8 Å². The van der Waals surface area contributed by atoms with E-state index in [9.17, 15) is 0 Å². The lowest BCUT2D eigenvalue weighted by Crippen LogP contribution is -2.16. The van der Waals surface area contributed by atoms with Crippen molar-refractivity contribution in [3.63, 3.8) is 0 Å². The second-order valence-electron chi connectivity index (χ2n) is 9.47. The molecule has 0 aromatic carbocycles. The van der Waals surface area contributed by atoms with Crippen molar-refractivity contribution in [1.82, 2.24) is 9.97 Å². The molecular formula is C25H50N6O6SSi2. The maximum Gasteiger partial charge on any atom is 0.187 e. The highest BCUT2D eigenvalue weighted by molar-refractivity contribution is 8.00. The molecule has 2 unspecified atom stereocenters. The second kappa shape index (κ2) is 28.0. The molecule has 1 rings (SSSR count). The molecule has 2 atom stereocenters. The number of thioether (sulfide) groups is 1. The zero-order valence-electron chi connectivity index (χ0n) is 24.4. The Morgan fingerprint density at radius 3 is 1.80 bits per heavy atom. The van der Waals surface area contributed by atoms with E-state index >= 15 is 0 Å². The summed E-state index contributed by atoms with van der Waals surface area (Å²) < 4.78 is 32.7. The van der Waals surface area contributed by atoms with Crippen molar-refractivity contribution >= 4 is 29.4 Å². The molecule has 0 aliphatic heterocycles. The maximum absolute atomic E-state index is 8.14. The van der Waals surface area contributed by atoms with Gasteiger partial charge in [0.1, 0.15) is 0 Å². The van der Waals surface area contributed by atoms with Gasteiger partial charge in [0.15, 0.2) is 5.16 Å². The van der Waals surface area contributed by atoms with Crippen LogP contribution in [0.5, 0.6) is 0 Å². The molecule has 2 N–H and O–H groups in total. The van der Waals surface area contributed by atoms with Gasteiger partial charge < -0.3 is 34.2 Å². The van der Waals surface area contributed by atoms with Gasteiger partial charge in [0, 0.05) is 47.0 Å². The summed E-state index contributed by atoms with van der Waals surface area (Å²) in [5.74, 6) is 0. The van der Waals surface area contributed by atoms with Crippen molar-refractivity contribution in [2.45, 2.75) is 49.4 Å². The highest BCUT2D eigenvalue weighted by Crippen LogP contribution is 2.17. The molecule has 0 amide bonds. The number of hydrogen-bond acceptors (Lipinski definition) is 11. The first-order chi connectivity index (χ1) is 19.7. The Morgan fingerprint density at radius 1 is 0.775 bits per heavy atom. The third-order valence-electron chi connectivity index (χ3n) is 5.76. The molecule has 0 bridgehead atoms. The van der Waals surface area contributed by atoms with Crippen LogP contribution in [-0.2, 0) is 35.0 Å². The van der Waals surface area contributed by atoms with Gasteiger partial charge in [-0.3, -0.25) is 0 Å². The molecule has 230 valence electrons. The van der Waals surface area contributed by atoms with Crippen molar-refractivity contribution in [3.8, 4) is 0 Å². The van der Waals surface area contributed by atoms with Crippen LogP contribution in [0, 0.1) is 0 Å². The molecule has 12 nitrogen and oxygen atoms in total. The zero-order chi connectivity index (χ0) is 28.9. The summed E-state index contributed by atoms with van der Waals surface area (Å²) in [5.41, 5.74) is 14.7. The third-order valence-corrected chi connectivity index (χ3v) is 13.9. The van der Waals surface area contributed by atoms with E-state index < -0.39 is 17.6 Å². The van der Waals surface area contributed by atoms with E-state index in [2.05, 4.69) is 33.1 Å². The Labute approximate surface area is 247 Å². The van der Waals surface area contributed by atoms with Gasteiger partial charge in [0.25, 0.3) is 0 Å². The molecule has 0 saturated carbocycles. The first-order valence-electron chi connectivity index (χ1n) is 14.3. The van der Waals surface area contributed by atoms with Gasteiger partial charge in [-0.15, -0.1) is 0 Å². The fourth-order valence-corrected chi connectivity index (χ4v) is 11.8. The van der Waals surface area contributed by atoms with Crippen molar-refractivity contribution in [1.29, 1.82) is 0 Å². The summed E-state index contributed by atoms with van der Waals surface area (Å²) in [4.78, 5) is 11.6. The molecule has 0 saturated heterocycles. The highest BCUT2D eigenvalue weighted by Gasteiger charge is 2.10. The smallest absolute Gasteiger partial charge is 0.187 e. The van der Waals surface area contributed by atoms with Gasteiger partial charge in [-0.2, -0.15) is 0 Å². The normalized spacial score (nSPS) is 12.8. The molecule has 1 aromatic heterocycles. The maximum atomic E-state index is 8.14. The van der Waals surface area contributed by atoms with Crippen LogP contribution in [0.1, 0.15) is 12.0 Å². The van der Waals surface area contributed by atoms with Crippen LogP contribution in [0.2, 0.25) is 31.2 Å². The molecule has 0 aliphatic rings. The Bertz CT molecular complexity index is 755. The monoisotopic (exact) mass is 618 g/mol. The summed E-state index contributed by atoms with van der Waals surface area (Å²) in [7, 11) is -1.26. The topological polar surface area (TPSA) is 156 Å². The number of azide groups is 1. The van der Waals surface area contributed by atoms with Gasteiger partial charge in [-0.1, -0.05) is 48.1 Å². The number of nitrogens with zero attached hydrogens (tertiary/aromatic N) is 5. The lowest BCUT2D eigenvalue weighted by atomic mass is 10.4. The molecule has 40 heavy (non-hydrogen) atoms. The molecule has 15 heteroatoms. The van der Waals surface area contributed by atoms with E-state index in [-0.39, 0.29) is 0 Å². The predicted molar refractivity (Wildman–Crippen MR) is 165 cm³/mol. The van der Waals surface area contributed by atoms with E-state index in [4.69, 9.17) is 39.7 Å². The van der Waals surface area contributed by atoms with Crippen molar-refractivity contribution in [2.24, 2.45) is 10.8 Å². The lowest BCUT2D eigenvalue weighted by molar-refractivity contribution is -0.0174. The fraction of sp³-hybridized carbons (Fsp3) is 0.840. The summed E-state index contributed by atoms with van der Waals surface area (Å²) in [6.45, 7) is 12.0. The van der Waals surface area contributed by atoms with Crippen LogP contribution < -0.4 is 5.73 Å². The second-order valence-corrected chi connectivity index (χ2v) is 17.6. The van der Waals surface area contributed by atoms with Crippen LogP contribution in [-0.4, -0.2) is 119 Å². The van der Waals surface area contributed by atoms with Gasteiger partial charge in [0.2, 0.25) is 0 Å². The van der Waals surface area contributed by atoms with E-state index in [0.717, 1.165) is 17.3 Å². The number of rotatable bonds is 29. The largest absolute Gasteiger partial charge is 0.379 e.